The fourth-order valence-corrected chi connectivity index (χ4v) is 17.7. The molecule has 26 nitrogen and oxygen atoms in total. The number of nitrogens with zero attached hydrogens (tertiary/aromatic N) is 4. The first-order valence-corrected chi connectivity index (χ1v) is 47.6. The van der Waals surface area contributed by atoms with Gasteiger partial charge in [-0.3, -0.25) is 38.6 Å². The molecule has 2 heterocycles. The van der Waals surface area contributed by atoms with Crippen molar-refractivity contribution in [3.8, 4) is 46.0 Å². The standard InChI is InChI=1S/C116H112N4O22/c1-9-75(7)109(115(129)117(71-81-27-19-15-20-28-81)72-82-29-21-16-22-30-82)119-111(125)89-67-93(139-85-43-35-77(36-44-85)51-55-131-59-63-135-97(121)11-3)103-105-95(141-87-47-39-79(40-48-87)53-57-133-61-65-137-99(123)13-5)69-91-102-92(114(128)120(113(91)127)110(76(8)10-2)116(130)118(73-83-31-23-17-24-32-83)74-84-33-25-18-26-34-84)70-96(142-88-49-41-80(42-50-88)54-58-134-62-66-138-100(124)14-6)106(108(102)105)104-94(68-90(112(119)126)101(89)107(103)104)140-86-45-37-78(38-46-86)52-56-132-60-64-136-98(122)12-4/h11-50,67-70,75-76,109-110H,3-6,9-10,51-66,71-74H2,1-2,7-8H3. The van der Waals surface area contributed by atoms with Gasteiger partial charge in [-0.05, 0) is 155 Å². The molecule has 4 unspecified atom stereocenters. The Bertz CT molecular complexity index is 5990. The molecule has 0 saturated heterocycles. The van der Waals surface area contributed by atoms with Gasteiger partial charge in [-0.25, -0.2) is 19.2 Å². The molecule has 13 aromatic carbocycles. The minimum absolute atomic E-state index is 0.00458. The maximum absolute atomic E-state index is 17.3. The van der Waals surface area contributed by atoms with Gasteiger partial charge in [0.1, 0.15) is 84.5 Å². The summed E-state index contributed by atoms with van der Waals surface area (Å²) in [5.41, 5.74) is 6.14. The Labute approximate surface area is 823 Å². The van der Waals surface area contributed by atoms with Crippen LogP contribution in [0.2, 0.25) is 0 Å². The lowest BCUT2D eigenvalue weighted by atomic mass is 9.79. The van der Waals surface area contributed by atoms with Crippen molar-refractivity contribution < 1.29 is 105 Å². The third-order valence-corrected chi connectivity index (χ3v) is 25.2. The molecule has 0 radical (unpaired) electrons. The number of esters is 4. The number of hydrogen-bond donors (Lipinski definition) is 0. The summed E-state index contributed by atoms with van der Waals surface area (Å²) in [5.74, 6) is -7.28. The molecule has 2 aliphatic rings. The van der Waals surface area contributed by atoms with E-state index >= 15 is 28.8 Å². The van der Waals surface area contributed by atoms with E-state index in [4.69, 9.17) is 56.8 Å². The molecule has 0 saturated carbocycles. The van der Waals surface area contributed by atoms with Gasteiger partial charge in [-0.2, -0.15) is 0 Å². The van der Waals surface area contributed by atoms with Gasteiger partial charge in [-0.15, -0.1) is 0 Å². The van der Waals surface area contributed by atoms with E-state index in [9.17, 15) is 19.2 Å². The second-order valence-corrected chi connectivity index (χ2v) is 34.6. The van der Waals surface area contributed by atoms with Crippen LogP contribution in [0, 0.1) is 11.8 Å². The Balaban J connectivity index is 1.01. The zero-order chi connectivity index (χ0) is 99.7. The van der Waals surface area contributed by atoms with Crippen molar-refractivity contribution in [2.75, 3.05) is 79.3 Å². The molecule has 142 heavy (non-hydrogen) atoms. The summed E-state index contributed by atoms with van der Waals surface area (Å²) in [4.78, 5) is 155. The molecule has 0 aliphatic carbocycles. The average molecular weight is 1910 g/mol. The van der Waals surface area contributed by atoms with Gasteiger partial charge in [0.15, 0.2) is 0 Å². The minimum atomic E-state index is -1.46. The summed E-state index contributed by atoms with van der Waals surface area (Å²) >= 11 is 0. The lowest BCUT2D eigenvalue weighted by Gasteiger charge is -2.40. The highest BCUT2D eigenvalue weighted by Gasteiger charge is 2.49. The van der Waals surface area contributed by atoms with E-state index in [1.165, 1.54) is 0 Å². The number of ether oxygens (including phenoxy) is 12. The average Bonchev–Trinajstić information content (AvgIpc) is 0.668. The summed E-state index contributed by atoms with van der Waals surface area (Å²) in [7, 11) is 0. The van der Waals surface area contributed by atoms with Crippen LogP contribution in [-0.4, -0.2) is 170 Å². The summed E-state index contributed by atoms with van der Waals surface area (Å²) in [5, 5.41) is 1.23. The fourth-order valence-electron chi connectivity index (χ4n) is 17.7. The van der Waals surface area contributed by atoms with Crippen LogP contribution in [-0.2, 0) is 119 Å². The van der Waals surface area contributed by atoms with Crippen molar-refractivity contribution in [1.82, 2.24) is 19.6 Å². The first-order valence-electron chi connectivity index (χ1n) is 47.6. The van der Waals surface area contributed by atoms with Gasteiger partial charge in [0.25, 0.3) is 23.6 Å². The lowest BCUT2D eigenvalue weighted by Crippen LogP contribution is -2.57. The van der Waals surface area contributed by atoms with E-state index in [-0.39, 0.29) is 217 Å². The predicted octanol–water partition coefficient (Wildman–Crippen LogP) is 20.5. The van der Waals surface area contributed by atoms with E-state index in [1.54, 1.807) is 82.6 Å². The highest BCUT2D eigenvalue weighted by molar-refractivity contribution is 6.45. The topological polar surface area (TPSA) is 294 Å². The fraction of sp³-hybridized carbons (Fsp3) is 0.259. The Hall–Kier alpha value is -15.7. The molecule has 728 valence electrons. The third-order valence-electron chi connectivity index (χ3n) is 25.2. The van der Waals surface area contributed by atoms with Crippen molar-refractivity contribution in [2.45, 2.75) is 104 Å². The van der Waals surface area contributed by atoms with E-state index in [1.807, 2.05) is 198 Å². The van der Waals surface area contributed by atoms with Crippen LogP contribution < -0.4 is 18.9 Å². The molecule has 0 N–H and O–H groups in total. The van der Waals surface area contributed by atoms with Crippen LogP contribution >= 0.6 is 0 Å². The van der Waals surface area contributed by atoms with Gasteiger partial charge >= 0.3 is 23.9 Å². The minimum Gasteiger partial charge on any atom is -0.460 e. The molecule has 0 bridgehead atoms. The highest BCUT2D eigenvalue weighted by Crippen LogP contribution is 2.59. The number of benzene rings is 13. The van der Waals surface area contributed by atoms with E-state index < -0.39 is 83.2 Å². The molecular formula is C116H112N4O22. The summed E-state index contributed by atoms with van der Waals surface area (Å²) in [6.45, 7) is 23.2. The summed E-state index contributed by atoms with van der Waals surface area (Å²) in [6, 6.07) is 70.0. The van der Waals surface area contributed by atoms with Crippen molar-refractivity contribution in [1.29, 1.82) is 0 Å². The molecule has 6 amide bonds. The Kier molecular flexibility index (Phi) is 34.2. The maximum Gasteiger partial charge on any atom is 0.330 e. The first kappa shape index (κ1) is 101. The van der Waals surface area contributed by atoms with Gasteiger partial charge in [0, 0.05) is 93.6 Å². The molecule has 0 fully saturated rings. The predicted molar refractivity (Wildman–Crippen MR) is 538 cm³/mol. The molecule has 26 heteroatoms. The second kappa shape index (κ2) is 48.2. The number of fused-ring (bicyclic) bond motifs is 2. The number of carbonyl (C=O) groups is 10. The molecule has 13 aromatic rings. The second-order valence-electron chi connectivity index (χ2n) is 34.6. The van der Waals surface area contributed by atoms with Crippen LogP contribution in [0.25, 0.3) is 43.1 Å². The van der Waals surface area contributed by atoms with Crippen molar-refractivity contribution in [3.05, 3.63) is 360 Å². The van der Waals surface area contributed by atoms with Crippen LogP contribution in [0.15, 0.2) is 293 Å². The van der Waals surface area contributed by atoms with Gasteiger partial charge in [0.05, 0.1) is 75.1 Å². The van der Waals surface area contributed by atoms with Crippen LogP contribution in [0.1, 0.15) is 126 Å². The quantitative estimate of drug-likeness (QED) is 0.00650. The van der Waals surface area contributed by atoms with Gasteiger partial charge in [0.2, 0.25) is 11.8 Å². The zero-order valence-electron chi connectivity index (χ0n) is 79.9. The third kappa shape index (κ3) is 24.0. The van der Waals surface area contributed by atoms with Crippen LogP contribution in [0.3, 0.4) is 0 Å². The van der Waals surface area contributed by atoms with Crippen molar-refractivity contribution in [3.63, 3.8) is 0 Å². The maximum atomic E-state index is 17.3. The Morgan fingerprint density at radius 3 is 0.704 bits per heavy atom. The molecule has 15 rings (SSSR count). The molecule has 0 aromatic heterocycles. The van der Waals surface area contributed by atoms with Crippen LogP contribution in [0.5, 0.6) is 46.0 Å². The number of carbonyl (C=O) groups excluding carboxylic acids is 10. The molecule has 0 spiro atoms. The smallest absolute Gasteiger partial charge is 0.330 e. The monoisotopic (exact) mass is 1910 g/mol. The largest absolute Gasteiger partial charge is 0.460 e. The summed E-state index contributed by atoms with van der Waals surface area (Å²) in [6.07, 6.45) is 6.55. The number of rotatable bonds is 52. The SMILES string of the molecule is C=CC(=O)OCCOCCc1ccc(Oc2cc3c4c(cc(Oc5ccc(CCOCCOC(=O)C=C)cc5)c5c6c(Oc7ccc(CCOCCOC(=O)C=C)cc7)cc7c8c(cc(Oc9ccc(CCOCCOC(=O)C=C)cc9)c(c2c45)c86)C(=O)N(C(C(=O)N(Cc2ccccc2)Cc2ccccc2)C(C)CC)C7=O)C(=O)N(C(C(=O)N(Cc2ccccc2)Cc2ccccc2)C(C)CC)C3=O)cc1. The molecular weight excluding hydrogens is 1800 g/mol. The van der Waals surface area contributed by atoms with E-state index in [0.717, 1.165) is 78.6 Å². The van der Waals surface area contributed by atoms with Crippen molar-refractivity contribution in [2.24, 2.45) is 11.8 Å². The molecule has 4 atom stereocenters. The first-order chi connectivity index (χ1) is 69.1. The number of imide groups is 2. The van der Waals surface area contributed by atoms with Crippen molar-refractivity contribution >= 4 is 102 Å². The Morgan fingerprint density at radius 2 is 0.500 bits per heavy atom. The van der Waals surface area contributed by atoms with Gasteiger partial charge in [-0.1, -0.05) is 237 Å². The Morgan fingerprint density at radius 1 is 0.282 bits per heavy atom. The van der Waals surface area contributed by atoms with Gasteiger partial charge < -0.3 is 66.6 Å². The summed E-state index contributed by atoms with van der Waals surface area (Å²) < 4.78 is 74.4. The van der Waals surface area contributed by atoms with Crippen LogP contribution in [0.4, 0.5) is 0 Å². The number of hydrogen-bond acceptors (Lipinski definition) is 22. The molecule has 2 aliphatic heterocycles. The van der Waals surface area contributed by atoms with E-state index in [2.05, 4.69) is 26.3 Å². The normalized spacial score (nSPS) is 13.0. The van der Waals surface area contributed by atoms with E-state index in [0.29, 0.717) is 38.5 Å². The lowest BCUT2D eigenvalue weighted by molar-refractivity contribution is -0.140. The highest BCUT2D eigenvalue weighted by atomic mass is 16.6. The zero-order valence-corrected chi connectivity index (χ0v) is 79.9. The number of amides is 6.